The molecule has 64 heavy (non-hydrogen) atoms. The Morgan fingerprint density at radius 2 is 0.859 bits per heavy atom. The van der Waals surface area contributed by atoms with Crippen LogP contribution >= 0.6 is 69.6 Å². The zero-order valence-corrected chi connectivity index (χ0v) is 38.3. The first-order valence-corrected chi connectivity index (χ1v) is 21.6. The standard InChI is InChI=1S/C44H36Cl6N8O6/c1-23(59)39(57-55-33-19-27(17-29(47)21-33)41(61)51-31-7-3-25(4-8-31)13-15-45)43(63)53-35-11-12-36(38(50)37(35)49)54-44(64)40(24(2)60)58-56-34-20-28(18-30(48)22-34)42(62)52-32-9-5-26(6-10-32)14-16-46/h3-12,17-22,39-40H,13-16H2,1-2H3,(H,51,61)(H,52,62)(H,53,63)(H,54,64). The Labute approximate surface area is 397 Å². The maximum atomic E-state index is 13.3. The minimum absolute atomic E-state index is 0.0551. The molecule has 0 radical (unpaired) electrons. The molecule has 5 aromatic carbocycles. The number of alkyl halides is 2. The second-order valence-electron chi connectivity index (χ2n) is 13.8. The summed E-state index contributed by atoms with van der Waals surface area (Å²) >= 11 is 37.1. The molecule has 0 spiro atoms. The van der Waals surface area contributed by atoms with E-state index in [1.54, 1.807) is 24.3 Å². The van der Waals surface area contributed by atoms with E-state index in [9.17, 15) is 28.8 Å². The smallest absolute Gasteiger partial charge is 0.258 e. The number of nitrogens with one attached hydrogen (secondary N) is 4. The van der Waals surface area contributed by atoms with Gasteiger partial charge < -0.3 is 21.3 Å². The van der Waals surface area contributed by atoms with Crippen LogP contribution in [0.1, 0.15) is 45.7 Å². The zero-order valence-electron chi connectivity index (χ0n) is 33.7. The van der Waals surface area contributed by atoms with Crippen molar-refractivity contribution in [3.63, 3.8) is 0 Å². The monoisotopic (exact) mass is 982 g/mol. The van der Waals surface area contributed by atoms with Gasteiger partial charge in [-0.15, -0.1) is 23.2 Å². The topological polar surface area (TPSA) is 200 Å². The van der Waals surface area contributed by atoms with Crippen LogP contribution in [0.5, 0.6) is 0 Å². The molecule has 0 saturated heterocycles. The number of nitrogens with zero attached hydrogens (tertiary/aromatic N) is 4. The third-order valence-electron chi connectivity index (χ3n) is 8.92. The van der Waals surface area contributed by atoms with Crippen LogP contribution in [-0.4, -0.2) is 59.0 Å². The fourth-order valence-corrected chi connectivity index (χ4v) is 7.01. The number of ketones is 2. The molecule has 2 unspecified atom stereocenters. The molecule has 5 aromatic rings. The van der Waals surface area contributed by atoms with Gasteiger partial charge in [-0.25, -0.2) is 0 Å². The van der Waals surface area contributed by atoms with E-state index in [1.807, 2.05) is 24.3 Å². The Bertz CT molecular complexity index is 2470. The largest absolute Gasteiger partial charge is 0.322 e. The van der Waals surface area contributed by atoms with Gasteiger partial charge in [0.25, 0.3) is 23.6 Å². The molecular formula is C44H36Cl6N8O6. The summed E-state index contributed by atoms with van der Waals surface area (Å²) in [6, 6.07) is 21.9. The van der Waals surface area contributed by atoms with E-state index in [2.05, 4.69) is 41.7 Å². The number of azo groups is 2. The van der Waals surface area contributed by atoms with E-state index >= 15 is 0 Å². The minimum Gasteiger partial charge on any atom is -0.322 e. The van der Waals surface area contributed by atoms with Gasteiger partial charge in [-0.05, 0) is 111 Å². The molecule has 0 fully saturated rings. The molecule has 2 atom stereocenters. The third-order valence-corrected chi connectivity index (χ3v) is 10.6. The van der Waals surface area contributed by atoms with Gasteiger partial charge in [0.05, 0.1) is 32.8 Å². The van der Waals surface area contributed by atoms with Crippen LogP contribution in [0.4, 0.5) is 34.1 Å². The number of rotatable bonds is 18. The van der Waals surface area contributed by atoms with Crippen molar-refractivity contribution in [1.82, 2.24) is 0 Å². The lowest BCUT2D eigenvalue weighted by molar-refractivity contribution is -0.127. The Morgan fingerprint density at radius 3 is 1.19 bits per heavy atom. The molecule has 4 N–H and O–H groups in total. The quantitative estimate of drug-likeness (QED) is 0.0382. The van der Waals surface area contributed by atoms with Crippen LogP contribution < -0.4 is 21.3 Å². The first-order chi connectivity index (χ1) is 30.5. The van der Waals surface area contributed by atoms with Crippen molar-refractivity contribution in [1.29, 1.82) is 0 Å². The molecule has 0 aliphatic rings. The number of hydrogen-bond acceptors (Lipinski definition) is 10. The van der Waals surface area contributed by atoms with Crippen LogP contribution in [-0.2, 0) is 32.0 Å². The van der Waals surface area contributed by atoms with Gasteiger partial charge in [-0.3, -0.25) is 28.8 Å². The maximum absolute atomic E-state index is 13.3. The molecule has 5 rings (SSSR count). The van der Waals surface area contributed by atoms with Gasteiger partial charge in [0.15, 0.2) is 11.6 Å². The second-order valence-corrected chi connectivity index (χ2v) is 16.2. The van der Waals surface area contributed by atoms with Crippen molar-refractivity contribution in [2.45, 2.75) is 38.8 Å². The first kappa shape index (κ1) is 49.3. The number of hydrogen-bond donors (Lipinski definition) is 4. The normalized spacial score (nSPS) is 12.1. The van der Waals surface area contributed by atoms with Gasteiger partial charge in [0, 0.05) is 44.3 Å². The number of halogens is 6. The van der Waals surface area contributed by atoms with Crippen LogP contribution in [0, 0.1) is 0 Å². The van der Waals surface area contributed by atoms with E-state index < -0.39 is 47.3 Å². The van der Waals surface area contributed by atoms with E-state index in [0.717, 1.165) is 25.0 Å². The minimum atomic E-state index is -1.66. The van der Waals surface area contributed by atoms with Crippen LogP contribution in [0.2, 0.25) is 20.1 Å². The van der Waals surface area contributed by atoms with E-state index in [1.165, 1.54) is 48.5 Å². The molecule has 0 aliphatic heterocycles. The van der Waals surface area contributed by atoms with Crippen molar-refractivity contribution in [2.75, 3.05) is 33.0 Å². The van der Waals surface area contributed by atoms with Gasteiger partial charge in [-0.2, -0.15) is 20.5 Å². The predicted molar refractivity (Wildman–Crippen MR) is 252 cm³/mol. The van der Waals surface area contributed by atoms with Crippen molar-refractivity contribution < 1.29 is 28.8 Å². The van der Waals surface area contributed by atoms with Gasteiger partial charge in [-0.1, -0.05) is 70.7 Å². The molecule has 0 saturated carbocycles. The van der Waals surface area contributed by atoms with Crippen LogP contribution in [0.25, 0.3) is 0 Å². The highest BCUT2D eigenvalue weighted by molar-refractivity contribution is 6.46. The van der Waals surface area contributed by atoms with Gasteiger partial charge in [0.1, 0.15) is 0 Å². The summed E-state index contributed by atoms with van der Waals surface area (Å²) in [5.74, 6) is -3.29. The summed E-state index contributed by atoms with van der Waals surface area (Å²) in [6.45, 7) is 2.25. The SMILES string of the molecule is CC(=O)C(N=Nc1cc(Cl)cc(C(=O)Nc2ccc(CCCl)cc2)c1)C(=O)Nc1ccc(NC(=O)C(N=Nc2cc(Cl)cc(C(=O)Nc3ccc(CCCl)cc3)c2)C(C)=O)c(Cl)c1Cl. The molecular weight excluding hydrogens is 949 g/mol. The van der Waals surface area contributed by atoms with Gasteiger partial charge >= 0.3 is 0 Å². The maximum Gasteiger partial charge on any atom is 0.258 e. The van der Waals surface area contributed by atoms with E-state index in [-0.39, 0.29) is 54.0 Å². The summed E-state index contributed by atoms with van der Waals surface area (Å²) in [6.07, 6.45) is 1.36. The van der Waals surface area contributed by atoms with Gasteiger partial charge in [0.2, 0.25) is 12.1 Å². The second kappa shape index (κ2) is 23.3. The van der Waals surface area contributed by atoms with Crippen molar-refractivity contribution in [2.24, 2.45) is 20.5 Å². The molecule has 330 valence electrons. The molecule has 4 amide bonds. The molecule has 0 heterocycles. The summed E-state index contributed by atoms with van der Waals surface area (Å²) in [7, 11) is 0. The number of carbonyl (C=O) groups excluding carboxylic acids is 6. The predicted octanol–water partition coefficient (Wildman–Crippen LogP) is 11.7. The highest BCUT2D eigenvalue weighted by atomic mass is 35.5. The number of anilines is 4. The van der Waals surface area contributed by atoms with Crippen molar-refractivity contribution in [3.8, 4) is 0 Å². The first-order valence-electron chi connectivity index (χ1n) is 19.0. The third kappa shape index (κ3) is 13.9. The lowest BCUT2D eigenvalue weighted by Gasteiger charge is -2.15. The number of amides is 4. The average Bonchev–Trinajstić information content (AvgIpc) is 3.24. The Morgan fingerprint density at radius 1 is 0.500 bits per heavy atom. The summed E-state index contributed by atoms with van der Waals surface area (Å²) in [4.78, 5) is 77.8. The van der Waals surface area contributed by atoms with E-state index in [4.69, 9.17) is 69.6 Å². The molecule has 14 nitrogen and oxygen atoms in total. The number of carbonyl (C=O) groups is 6. The fraction of sp³-hybridized carbons (Fsp3) is 0.182. The molecule has 0 aromatic heterocycles. The summed E-state index contributed by atoms with van der Waals surface area (Å²) < 4.78 is 0. The van der Waals surface area contributed by atoms with Crippen LogP contribution in [0.3, 0.4) is 0 Å². The Hall–Kier alpha value is -5.74. The number of Topliss-reactive ketones (excluding diaryl/α,β-unsaturated/α-hetero) is 2. The number of aryl methyl sites for hydroxylation is 2. The highest BCUT2D eigenvalue weighted by Crippen LogP contribution is 2.37. The lowest BCUT2D eigenvalue weighted by Crippen LogP contribution is -2.32. The molecule has 0 aliphatic carbocycles. The number of benzene rings is 5. The average molecular weight is 986 g/mol. The van der Waals surface area contributed by atoms with Crippen LogP contribution in [0.15, 0.2) is 118 Å². The lowest BCUT2D eigenvalue weighted by atomic mass is 10.1. The fourth-order valence-electron chi connectivity index (χ4n) is 5.69. The van der Waals surface area contributed by atoms with E-state index in [0.29, 0.717) is 36.0 Å². The van der Waals surface area contributed by atoms with Crippen molar-refractivity contribution >= 4 is 139 Å². The highest BCUT2D eigenvalue weighted by Gasteiger charge is 2.27. The van der Waals surface area contributed by atoms with Crippen molar-refractivity contribution in [3.05, 3.63) is 139 Å². The Kier molecular flexibility index (Phi) is 17.9. The Balaban J connectivity index is 1.24. The molecule has 0 bridgehead atoms. The molecule has 20 heteroatoms. The summed E-state index contributed by atoms with van der Waals surface area (Å²) in [5, 5.41) is 26.2. The summed E-state index contributed by atoms with van der Waals surface area (Å²) in [5.41, 5.74) is 3.41. The zero-order chi connectivity index (χ0) is 46.5.